The molecule has 0 unspecified atom stereocenters. The Labute approximate surface area is 176 Å². The summed E-state index contributed by atoms with van der Waals surface area (Å²) in [6, 6.07) is 6.37. The molecule has 0 atom stereocenters. The molecule has 2 aromatic rings. The third-order valence-corrected chi connectivity index (χ3v) is 6.39. The van der Waals surface area contributed by atoms with Gasteiger partial charge in [0, 0.05) is 38.2 Å². The number of aryl methyl sites for hydroxylation is 1. The fraction of sp³-hybridized carbons (Fsp3) is 0.522. The van der Waals surface area contributed by atoms with Gasteiger partial charge in [-0.05, 0) is 43.9 Å². The molecule has 6 nitrogen and oxygen atoms in total. The molecule has 1 aromatic carbocycles. The number of piperidine rings is 1. The topological polar surface area (TPSA) is 74.0 Å². The number of amides is 1. The van der Waals surface area contributed by atoms with Gasteiger partial charge in [-0.3, -0.25) is 9.48 Å². The van der Waals surface area contributed by atoms with Crippen LogP contribution in [0.2, 0.25) is 0 Å². The van der Waals surface area contributed by atoms with Gasteiger partial charge in [-0.1, -0.05) is 19.3 Å². The summed E-state index contributed by atoms with van der Waals surface area (Å²) in [7, 11) is 1.90. The highest BCUT2D eigenvalue weighted by Crippen LogP contribution is 2.36. The van der Waals surface area contributed by atoms with Crippen LogP contribution in [0.15, 0.2) is 24.4 Å². The lowest BCUT2D eigenvalue weighted by molar-refractivity contribution is -0.120. The minimum atomic E-state index is -0.408. The van der Waals surface area contributed by atoms with Crippen molar-refractivity contribution < 1.29 is 9.18 Å². The highest BCUT2D eigenvalue weighted by Gasteiger charge is 2.28. The molecule has 158 valence electrons. The second-order valence-corrected chi connectivity index (χ2v) is 8.46. The van der Waals surface area contributed by atoms with Crippen molar-refractivity contribution in [2.45, 2.75) is 50.9 Å². The van der Waals surface area contributed by atoms with Crippen molar-refractivity contribution in [2.75, 3.05) is 23.3 Å². The molecule has 7 heteroatoms. The van der Waals surface area contributed by atoms with Gasteiger partial charge in [-0.25, -0.2) is 4.39 Å². The average Bonchev–Trinajstić information content (AvgIpc) is 3.14. The van der Waals surface area contributed by atoms with Crippen molar-refractivity contribution >= 4 is 17.3 Å². The summed E-state index contributed by atoms with van der Waals surface area (Å²) in [4.78, 5) is 15.0. The SMILES string of the molecule is Cn1cc(NC(=O)C2CCN(c3ccc(F)cc3C#N)CC2)c(C2CCCCC2)n1. The van der Waals surface area contributed by atoms with E-state index in [0.717, 1.165) is 29.9 Å². The smallest absolute Gasteiger partial charge is 0.227 e. The van der Waals surface area contributed by atoms with Crippen molar-refractivity contribution in [3.63, 3.8) is 0 Å². The van der Waals surface area contributed by atoms with E-state index in [-0.39, 0.29) is 11.8 Å². The monoisotopic (exact) mass is 409 g/mol. The molecule has 2 fully saturated rings. The molecule has 2 aliphatic rings. The van der Waals surface area contributed by atoms with Crippen molar-refractivity contribution in [1.29, 1.82) is 5.26 Å². The first-order valence-electron chi connectivity index (χ1n) is 10.8. The van der Waals surface area contributed by atoms with Gasteiger partial charge >= 0.3 is 0 Å². The molecule has 0 radical (unpaired) electrons. The molecule has 0 bridgehead atoms. The Kier molecular flexibility index (Phi) is 6.03. The first-order valence-corrected chi connectivity index (χ1v) is 10.8. The molecule has 1 N–H and O–H groups in total. The van der Waals surface area contributed by atoms with E-state index in [1.54, 1.807) is 10.7 Å². The average molecular weight is 410 g/mol. The molecule has 30 heavy (non-hydrogen) atoms. The number of rotatable bonds is 4. The highest BCUT2D eigenvalue weighted by atomic mass is 19.1. The Morgan fingerprint density at radius 1 is 1.20 bits per heavy atom. The van der Waals surface area contributed by atoms with Crippen LogP contribution in [-0.2, 0) is 11.8 Å². The zero-order valence-corrected chi connectivity index (χ0v) is 17.4. The van der Waals surface area contributed by atoms with Crippen LogP contribution in [0.4, 0.5) is 15.8 Å². The lowest BCUT2D eigenvalue weighted by Gasteiger charge is -2.33. The number of hydrogen-bond donors (Lipinski definition) is 1. The summed E-state index contributed by atoms with van der Waals surface area (Å²) in [5.74, 6) is -0.0132. The fourth-order valence-electron chi connectivity index (χ4n) is 4.77. The van der Waals surface area contributed by atoms with Gasteiger partial charge in [0.05, 0.1) is 22.6 Å². The predicted molar refractivity (Wildman–Crippen MR) is 114 cm³/mol. The summed E-state index contributed by atoms with van der Waals surface area (Å²) >= 11 is 0. The normalized spacial score (nSPS) is 18.2. The van der Waals surface area contributed by atoms with Crippen LogP contribution in [0.5, 0.6) is 0 Å². The summed E-state index contributed by atoms with van der Waals surface area (Å²) in [6.07, 6.45) is 9.32. The van der Waals surface area contributed by atoms with Gasteiger partial charge in [-0.15, -0.1) is 0 Å². The number of nitrogens with zero attached hydrogens (tertiary/aromatic N) is 4. The second-order valence-electron chi connectivity index (χ2n) is 8.46. The van der Waals surface area contributed by atoms with Gasteiger partial charge in [0.2, 0.25) is 5.91 Å². The van der Waals surface area contributed by atoms with E-state index < -0.39 is 5.82 Å². The van der Waals surface area contributed by atoms with Crippen LogP contribution in [0, 0.1) is 23.1 Å². The van der Waals surface area contributed by atoms with Crippen LogP contribution in [-0.4, -0.2) is 28.8 Å². The van der Waals surface area contributed by atoms with Crippen LogP contribution in [0.3, 0.4) is 0 Å². The van der Waals surface area contributed by atoms with Crippen LogP contribution in [0.25, 0.3) is 0 Å². The zero-order chi connectivity index (χ0) is 21.1. The maximum atomic E-state index is 13.4. The number of hydrogen-bond acceptors (Lipinski definition) is 4. The Morgan fingerprint density at radius 2 is 1.93 bits per heavy atom. The van der Waals surface area contributed by atoms with Gasteiger partial charge in [0.25, 0.3) is 0 Å². The molecule has 1 saturated heterocycles. The standard InChI is InChI=1S/C23H28FN5O/c1-28-15-20(22(27-28)16-5-3-2-4-6-16)26-23(30)17-9-11-29(12-10-17)21-8-7-19(24)13-18(21)14-25/h7-8,13,15-17H,2-6,9-12H2,1H3,(H,26,30). The second kappa shape index (κ2) is 8.86. The Balaban J connectivity index is 1.39. The number of carbonyl (C=O) groups excluding carboxylic acids is 1. The zero-order valence-electron chi connectivity index (χ0n) is 17.4. The van der Waals surface area contributed by atoms with Gasteiger partial charge in [-0.2, -0.15) is 10.4 Å². The fourth-order valence-corrected chi connectivity index (χ4v) is 4.77. The third-order valence-electron chi connectivity index (χ3n) is 6.39. The summed E-state index contributed by atoms with van der Waals surface area (Å²) in [6.45, 7) is 1.34. The maximum absolute atomic E-state index is 13.4. The quantitative estimate of drug-likeness (QED) is 0.815. The highest BCUT2D eigenvalue weighted by molar-refractivity contribution is 5.93. The third kappa shape index (κ3) is 4.33. The van der Waals surface area contributed by atoms with E-state index >= 15 is 0 Å². The summed E-state index contributed by atoms with van der Waals surface area (Å²) in [5, 5.41) is 17.1. The van der Waals surface area contributed by atoms with Crippen molar-refractivity contribution in [3.8, 4) is 6.07 Å². The van der Waals surface area contributed by atoms with E-state index in [4.69, 9.17) is 0 Å². The van der Waals surface area contributed by atoms with Crippen LogP contribution >= 0.6 is 0 Å². The molecule has 1 aliphatic heterocycles. The lowest BCUT2D eigenvalue weighted by Crippen LogP contribution is -2.38. The minimum Gasteiger partial charge on any atom is -0.370 e. The van der Waals surface area contributed by atoms with Crippen LogP contribution < -0.4 is 10.2 Å². The van der Waals surface area contributed by atoms with E-state index in [1.165, 1.54) is 31.4 Å². The maximum Gasteiger partial charge on any atom is 0.227 e. The molecule has 1 aliphatic carbocycles. The Bertz CT molecular complexity index is 949. The number of benzene rings is 1. The summed E-state index contributed by atoms with van der Waals surface area (Å²) < 4.78 is 15.2. The summed E-state index contributed by atoms with van der Waals surface area (Å²) in [5.41, 5.74) is 2.95. The van der Waals surface area contributed by atoms with Gasteiger partial charge in [0.15, 0.2) is 0 Å². The van der Waals surface area contributed by atoms with Gasteiger partial charge in [0.1, 0.15) is 11.9 Å². The number of carbonyl (C=O) groups is 1. The Morgan fingerprint density at radius 3 is 2.63 bits per heavy atom. The minimum absolute atomic E-state index is 0.0410. The molecule has 1 amide bonds. The van der Waals surface area contributed by atoms with Crippen molar-refractivity contribution in [3.05, 3.63) is 41.5 Å². The number of nitrogens with one attached hydrogen (secondary N) is 1. The predicted octanol–water partition coefficient (Wildman–Crippen LogP) is 4.33. The van der Waals surface area contributed by atoms with E-state index in [2.05, 4.69) is 21.4 Å². The van der Waals surface area contributed by atoms with Crippen molar-refractivity contribution in [1.82, 2.24) is 9.78 Å². The number of halogens is 1. The van der Waals surface area contributed by atoms with E-state index in [0.29, 0.717) is 37.4 Å². The number of anilines is 2. The molecule has 1 aromatic heterocycles. The molecular formula is C23H28FN5O. The molecular weight excluding hydrogens is 381 g/mol. The molecule has 2 heterocycles. The lowest BCUT2D eigenvalue weighted by atomic mass is 9.86. The van der Waals surface area contributed by atoms with Crippen LogP contribution in [0.1, 0.15) is 62.1 Å². The first-order chi connectivity index (χ1) is 14.5. The van der Waals surface area contributed by atoms with Crippen molar-refractivity contribution in [2.24, 2.45) is 13.0 Å². The van der Waals surface area contributed by atoms with E-state index in [9.17, 15) is 14.4 Å². The molecule has 0 spiro atoms. The molecule has 4 rings (SSSR count). The molecule has 1 saturated carbocycles. The number of nitriles is 1. The Hall–Kier alpha value is -2.88. The largest absolute Gasteiger partial charge is 0.370 e. The van der Waals surface area contributed by atoms with Gasteiger partial charge < -0.3 is 10.2 Å². The first kappa shape index (κ1) is 20.4. The van der Waals surface area contributed by atoms with E-state index in [1.807, 2.05) is 13.2 Å². The number of aromatic nitrogens is 2.